The first-order chi connectivity index (χ1) is 11.6. The van der Waals surface area contributed by atoms with Crippen molar-refractivity contribution in [2.24, 2.45) is 5.92 Å². The summed E-state index contributed by atoms with van der Waals surface area (Å²) in [5.74, 6) is 0.0160. The van der Waals surface area contributed by atoms with Gasteiger partial charge in [0.05, 0.1) is 18.2 Å². The van der Waals surface area contributed by atoms with Gasteiger partial charge in [-0.15, -0.1) is 0 Å². The second kappa shape index (κ2) is 7.32. The maximum absolute atomic E-state index is 12.7. The predicted molar refractivity (Wildman–Crippen MR) is 92.2 cm³/mol. The van der Waals surface area contributed by atoms with E-state index in [0.717, 1.165) is 25.0 Å². The first kappa shape index (κ1) is 16.9. The predicted octanol–water partition coefficient (Wildman–Crippen LogP) is 2.39. The second-order valence-electron chi connectivity index (χ2n) is 7.09. The number of nitrogens with zero attached hydrogens (tertiary/aromatic N) is 3. The molecule has 1 atom stereocenters. The van der Waals surface area contributed by atoms with Gasteiger partial charge in [-0.3, -0.25) is 14.6 Å². The van der Waals surface area contributed by atoms with Crippen molar-refractivity contribution in [3.05, 3.63) is 29.6 Å². The van der Waals surface area contributed by atoms with Crippen LogP contribution in [0.3, 0.4) is 0 Å². The Morgan fingerprint density at radius 2 is 2.08 bits per heavy atom. The van der Waals surface area contributed by atoms with Gasteiger partial charge in [-0.1, -0.05) is 25.8 Å². The molecule has 1 saturated carbocycles. The number of hydrogen-bond acceptors (Lipinski definition) is 3. The number of rotatable bonds is 5. The Bertz CT molecular complexity index is 593. The van der Waals surface area contributed by atoms with E-state index >= 15 is 0 Å². The third kappa shape index (κ3) is 3.60. The van der Waals surface area contributed by atoms with E-state index in [9.17, 15) is 9.59 Å². The van der Waals surface area contributed by atoms with Crippen LogP contribution in [0.25, 0.3) is 0 Å². The molecule has 3 rings (SSSR count). The maximum Gasteiger partial charge on any atom is 0.228 e. The number of hydrogen-bond donors (Lipinski definition) is 0. The maximum atomic E-state index is 12.7. The minimum Gasteiger partial charge on any atom is -0.340 e. The molecule has 2 amide bonds. The molecule has 24 heavy (non-hydrogen) atoms. The van der Waals surface area contributed by atoms with Crippen molar-refractivity contribution in [1.29, 1.82) is 0 Å². The monoisotopic (exact) mass is 329 g/mol. The van der Waals surface area contributed by atoms with Crippen molar-refractivity contribution in [1.82, 2.24) is 14.8 Å². The largest absolute Gasteiger partial charge is 0.340 e. The molecular weight excluding hydrogens is 302 g/mol. The van der Waals surface area contributed by atoms with E-state index in [1.54, 1.807) is 11.9 Å². The fraction of sp³-hybridized carbons (Fsp3) is 0.632. The van der Waals surface area contributed by atoms with Crippen molar-refractivity contribution in [2.75, 3.05) is 13.6 Å². The second-order valence-corrected chi connectivity index (χ2v) is 7.09. The highest BCUT2D eigenvalue weighted by molar-refractivity contribution is 5.89. The fourth-order valence-electron chi connectivity index (χ4n) is 3.86. The van der Waals surface area contributed by atoms with Gasteiger partial charge in [-0.25, -0.2) is 0 Å². The van der Waals surface area contributed by atoms with E-state index in [2.05, 4.69) is 18.0 Å². The van der Waals surface area contributed by atoms with Crippen LogP contribution in [-0.4, -0.2) is 46.2 Å². The van der Waals surface area contributed by atoms with Crippen molar-refractivity contribution < 1.29 is 9.59 Å². The summed E-state index contributed by atoms with van der Waals surface area (Å²) >= 11 is 0. The molecule has 2 heterocycles. The van der Waals surface area contributed by atoms with Crippen molar-refractivity contribution in [3.8, 4) is 0 Å². The number of aryl methyl sites for hydroxylation is 1. The molecule has 0 spiro atoms. The minimum absolute atomic E-state index is 0.0604. The zero-order valence-electron chi connectivity index (χ0n) is 14.7. The summed E-state index contributed by atoms with van der Waals surface area (Å²) in [5.41, 5.74) is 2.08. The lowest BCUT2D eigenvalue weighted by molar-refractivity contribution is -0.135. The van der Waals surface area contributed by atoms with E-state index in [1.807, 2.05) is 17.2 Å². The summed E-state index contributed by atoms with van der Waals surface area (Å²) < 4.78 is 0. The highest BCUT2D eigenvalue weighted by Crippen LogP contribution is 2.30. The quantitative estimate of drug-likeness (QED) is 0.833. The van der Waals surface area contributed by atoms with E-state index in [0.29, 0.717) is 25.6 Å². The molecule has 1 aromatic heterocycles. The molecular formula is C19H27N3O2. The molecule has 0 unspecified atom stereocenters. The van der Waals surface area contributed by atoms with Crippen LogP contribution in [0.1, 0.15) is 50.3 Å². The average molecular weight is 329 g/mol. The number of likely N-dealkylation sites (tertiary alicyclic amines) is 1. The molecule has 0 aromatic carbocycles. The number of amides is 2. The van der Waals surface area contributed by atoms with Crippen LogP contribution in [0, 0.1) is 5.92 Å². The Balaban J connectivity index is 1.58. The van der Waals surface area contributed by atoms with E-state index < -0.39 is 0 Å². The molecule has 1 aromatic rings. The van der Waals surface area contributed by atoms with Gasteiger partial charge in [0.15, 0.2) is 0 Å². The average Bonchev–Trinajstić information content (AvgIpc) is 3.24. The lowest BCUT2D eigenvalue weighted by Crippen LogP contribution is -2.37. The van der Waals surface area contributed by atoms with Gasteiger partial charge in [0, 0.05) is 32.3 Å². The summed E-state index contributed by atoms with van der Waals surface area (Å²) in [7, 11) is 1.81. The Morgan fingerprint density at radius 3 is 2.71 bits per heavy atom. The van der Waals surface area contributed by atoms with Crippen molar-refractivity contribution in [3.63, 3.8) is 0 Å². The van der Waals surface area contributed by atoms with Crippen molar-refractivity contribution >= 4 is 11.8 Å². The van der Waals surface area contributed by atoms with Crippen LogP contribution in [0.15, 0.2) is 18.3 Å². The third-order valence-electron chi connectivity index (χ3n) is 5.34. The molecule has 5 heteroatoms. The molecule has 2 aliphatic rings. The van der Waals surface area contributed by atoms with Crippen LogP contribution in [0.2, 0.25) is 0 Å². The number of carbonyl (C=O) groups excluding carboxylic acids is 2. The van der Waals surface area contributed by atoms with Crippen LogP contribution in [0.5, 0.6) is 0 Å². The summed E-state index contributed by atoms with van der Waals surface area (Å²) in [5, 5.41) is 0. The summed E-state index contributed by atoms with van der Waals surface area (Å²) in [4.78, 5) is 33.1. The Morgan fingerprint density at radius 1 is 1.33 bits per heavy atom. The van der Waals surface area contributed by atoms with Gasteiger partial charge in [0.1, 0.15) is 0 Å². The number of pyridine rings is 1. The zero-order valence-corrected chi connectivity index (χ0v) is 14.7. The SMILES string of the molecule is CCc1ccc(CN(C)C(=O)[C@H]2CC(=O)N(C3CCCC3)C2)nc1. The summed E-state index contributed by atoms with van der Waals surface area (Å²) in [6.45, 7) is 3.19. The fourth-order valence-corrected chi connectivity index (χ4v) is 3.86. The number of aromatic nitrogens is 1. The van der Waals surface area contributed by atoms with Gasteiger partial charge in [0.25, 0.3) is 0 Å². The van der Waals surface area contributed by atoms with Crippen LogP contribution < -0.4 is 0 Å². The van der Waals surface area contributed by atoms with E-state index in [4.69, 9.17) is 0 Å². The summed E-state index contributed by atoms with van der Waals surface area (Å²) in [6, 6.07) is 4.40. The molecule has 0 radical (unpaired) electrons. The van der Waals surface area contributed by atoms with E-state index in [1.165, 1.54) is 18.4 Å². The molecule has 1 saturated heterocycles. The van der Waals surface area contributed by atoms with Gasteiger partial charge in [-0.2, -0.15) is 0 Å². The minimum atomic E-state index is -0.196. The Labute approximate surface area is 144 Å². The highest BCUT2D eigenvalue weighted by atomic mass is 16.2. The lowest BCUT2D eigenvalue weighted by atomic mass is 10.1. The smallest absolute Gasteiger partial charge is 0.228 e. The Hall–Kier alpha value is -1.91. The molecule has 2 fully saturated rings. The van der Waals surface area contributed by atoms with Crippen LogP contribution in [0.4, 0.5) is 0 Å². The molecule has 1 aliphatic heterocycles. The van der Waals surface area contributed by atoms with Gasteiger partial charge in [0.2, 0.25) is 11.8 Å². The first-order valence-electron chi connectivity index (χ1n) is 9.06. The zero-order chi connectivity index (χ0) is 17.1. The van der Waals surface area contributed by atoms with Crippen LogP contribution in [-0.2, 0) is 22.6 Å². The standard InChI is InChI=1S/C19H27N3O2/c1-3-14-8-9-16(20-11-14)13-21(2)19(24)15-10-18(23)22(12-15)17-6-4-5-7-17/h8-9,11,15,17H,3-7,10,12-13H2,1-2H3/t15-/m0/s1. The topological polar surface area (TPSA) is 53.5 Å². The molecule has 0 bridgehead atoms. The summed E-state index contributed by atoms with van der Waals surface area (Å²) in [6.07, 6.45) is 7.78. The Kier molecular flexibility index (Phi) is 5.17. The number of carbonyl (C=O) groups is 2. The first-order valence-corrected chi connectivity index (χ1v) is 9.06. The molecule has 1 aliphatic carbocycles. The highest BCUT2D eigenvalue weighted by Gasteiger charge is 2.39. The molecule has 5 nitrogen and oxygen atoms in total. The molecule has 0 N–H and O–H groups in total. The van der Waals surface area contributed by atoms with Gasteiger partial charge in [-0.05, 0) is 30.9 Å². The van der Waals surface area contributed by atoms with Gasteiger partial charge < -0.3 is 9.80 Å². The normalized spacial score (nSPS) is 21.5. The third-order valence-corrected chi connectivity index (χ3v) is 5.34. The van der Waals surface area contributed by atoms with Gasteiger partial charge >= 0.3 is 0 Å². The van der Waals surface area contributed by atoms with E-state index in [-0.39, 0.29) is 17.7 Å². The molecule has 130 valence electrons. The lowest BCUT2D eigenvalue weighted by Gasteiger charge is -2.25. The van der Waals surface area contributed by atoms with Crippen LogP contribution >= 0.6 is 0 Å². The van der Waals surface area contributed by atoms with Crippen molar-refractivity contribution in [2.45, 2.75) is 58.0 Å².